The van der Waals surface area contributed by atoms with E-state index in [1.807, 2.05) is 19.1 Å². The summed E-state index contributed by atoms with van der Waals surface area (Å²) in [6.45, 7) is 2.50. The van der Waals surface area contributed by atoms with Crippen molar-refractivity contribution in [1.82, 2.24) is 4.98 Å². The van der Waals surface area contributed by atoms with E-state index >= 15 is 0 Å². The second-order valence-electron chi connectivity index (χ2n) is 3.86. The number of aromatic nitrogens is 1. The molecule has 0 spiro atoms. The van der Waals surface area contributed by atoms with Gasteiger partial charge in [0.2, 0.25) is 0 Å². The molecule has 0 saturated heterocycles. The summed E-state index contributed by atoms with van der Waals surface area (Å²) in [5.41, 5.74) is 2.78. The molecule has 0 fully saturated rings. The van der Waals surface area contributed by atoms with Crippen molar-refractivity contribution in [3.63, 3.8) is 0 Å². The lowest BCUT2D eigenvalue weighted by Crippen LogP contribution is -1.99. The fourth-order valence-electron chi connectivity index (χ4n) is 1.46. The third-order valence-corrected chi connectivity index (χ3v) is 2.45. The van der Waals surface area contributed by atoms with Crippen LogP contribution in [0.4, 0.5) is 5.69 Å². The lowest BCUT2D eigenvalue weighted by molar-refractivity contribution is 0.403. The van der Waals surface area contributed by atoms with Crippen LogP contribution in [0.2, 0.25) is 0 Å². The Labute approximate surface area is 99.6 Å². The van der Waals surface area contributed by atoms with Crippen LogP contribution in [0.3, 0.4) is 0 Å². The predicted molar refractivity (Wildman–Crippen MR) is 66.1 cm³/mol. The number of rotatable bonds is 3. The van der Waals surface area contributed by atoms with E-state index in [2.05, 4.69) is 10.3 Å². The van der Waals surface area contributed by atoms with Crippen LogP contribution in [-0.2, 0) is 6.54 Å². The highest BCUT2D eigenvalue weighted by atomic mass is 16.3. The minimum atomic E-state index is -0.106. The first-order valence-electron chi connectivity index (χ1n) is 5.32. The van der Waals surface area contributed by atoms with Crippen molar-refractivity contribution in [1.29, 1.82) is 0 Å². The molecule has 0 atom stereocenters. The van der Waals surface area contributed by atoms with Gasteiger partial charge < -0.3 is 15.5 Å². The van der Waals surface area contributed by atoms with E-state index in [0.29, 0.717) is 6.54 Å². The minimum absolute atomic E-state index is 0.105. The number of nitrogens with zero attached hydrogens (tertiary/aromatic N) is 1. The highest BCUT2D eigenvalue weighted by Gasteiger charge is 2.00. The molecule has 0 aliphatic rings. The third-order valence-electron chi connectivity index (χ3n) is 2.45. The second kappa shape index (κ2) is 4.74. The lowest BCUT2D eigenvalue weighted by Gasteiger charge is -2.07. The van der Waals surface area contributed by atoms with E-state index < -0.39 is 0 Å². The first kappa shape index (κ1) is 11.3. The average Bonchev–Trinajstić information content (AvgIpc) is 2.33. The molecule has 0 unspecified atom stereocenters. The van der Waals surface area contributed by atoms with Gasteiger partial charge in [-0.1, -0.05) is 6.07 Å². The number of pyridine rings is 1. The first-order chi connectivity index (χ1) is 8.15. The summed E-state index contributed by atoms with van der Waals surface area (Å²) >= 11 is 0. The zero-order valence-electron chi connectivity index (χ0n) is 9.51. The Bertz CT molecular complexity index is 509. The van der Waals surface area contributed by atoms with Gasteiger partial charge in [0, 0.05) is 12.2 Å². The van der Waals surface area contributed by atoms with Crippen molar-refractivity contribution >= 4 is 5.69 Å². The van der Waals surface area contributed by atoms with Gasteiger partial charge in [-0.3, -0.25) is 4.98 Å². The quantitative estimate of drug-likeness (QED) is 0.708. The van der Waals surface area contributed by atoms with Crippen LogP contribution in [0.25, 0.3) is 0 Å². The number of hydrogen-bond donors (Lipinski definition) is 3. The van der Waals surface area contributed by atoms with Crippen molar-refractivity contribution in [2.75, 3.05) is 5.32 Å². The Kier molecular flexibility index (Phi) is 3.14. The molecule has 0 amide bonds. The topological polar surface area (TPSA) is 65.4 Å². The SMILES string of the molecule is Cc1ccc(NCc2ccc(O)c(O)c2)cn1. The molecule has 1 heterocycles. The van der Waals surface area contributed by atoms with E-state index in [1.165, 1.54) is 12.1 Å². The Hall–Kier alpha value is -2.23. The molecule has 0 saturated carbocycles. The van der Waals surface area contributed by atoms with Gasteiger partial charge in [-0.05, 0) is 36.8 Å². The van der Waals surface area contributed by atoms with Gasteiger partial charge in [-0.25, -0.2) is 0 Å². The number of benzene rings is 1. The zero-order valence-corrected chi connectivity index (χ0v) is 9.51. The molecule has 0 aliphatic heterocycles. The highest BCUT2D eigenvalue weighted by Crippen LogP contribution is 2.25. The van der Waals surface area contributed by atoms with Crippen molar-refractivity contribution in [2.45, 2.75) is 13.5 Å². The van der Waals surface area contributed by atoms with Crippen molar-refractivity contribution in [3.8, 4) is 11.5 Å². The molecule has 0 aliphatic carbocycles. The molecule has 88 valence electrons. The van der Waals surface area contributed by atoms with Crippen molar-refractivity contribution < 1.29 is 10.2 Å². The predicted octanol–water partition coefficient (Wildman–Crippen LogP) is 2.41. The summed E-state index contributed by atoms with van der Waals surface area (Å²) in [5.74, 6) is -0.211. The van der Waals surface area contributed by atoms with Gasteiger partial charge in [-0.2, -0.15) is 0 Å². The molecular formula is C13H14N2O2. The average molecular weight is 230 g/mol. The van der Waals surface area contributed by atoms with E-state index in [4.69, 9.17) is 0 Å². The summed E-state index contributed by atoms with van der Waals surface area (Å²) in [4.78, 5) is 4.17. The van der Waals surface area contributed by atoms with Crippen LogP contribution in [0, 0.1) is 6.92 Å². The second-order valence-corrected chi connectivity index (χ2v) is 3.86. The minimum Gasteiger partial charge on any atom is -0.504 e. The van der Waals surface area contributed by atoms with Gasteiger partial charge in [0.15, 0.2) is 11.5 Å². The van der Waals surface area contributed by atoms with Gasteiger partial charge in [0.25, 0.3) is 0 Å². The van der Waals surface area contributed by atoms with E-state index in [1.54, 1.807) is 12.3 Å². The molecule has 0 radical (unpaired) electrons. The summed E-state index contributed by atoms with van der Waals surface area (Å²) in [6.07, 6.45) is 1.76. The number of anilines is 1. The Morgan fingerprint density at radius 3 is 2.59 bits per heavy atom. The van der Waals surface area contributed by atoms with Gasteiger partial charge in [0.05, 0.1) is 11.9 Å². The molecule has 17 heavy (non-hydrogen) atoms. The number of aromatic hydroxyl groups is 2. The normalized spacial score (nSPS) is 10.2. The standard InChI is InChI=1S/C13H14N2O2/c1-9-2-4-11(8-14-9)15-7-10-3-5-12(16)13(17)6-10/h2-6,8,15-17H,7H2,1H3. The van der Waals surface area contributed by atoms with Crippen molar-refractivity contribution in [2.24, 2.45) is 0 Å². The number of aryl methyl sites for hydroxylation is 1. The van der Waals surface area contributed by atoms with Gasteiger partial charge >= 0.3 is 0 Å². The maximum atomic E-state index is 9.34. The maximum absolute atomic E-state index is 9.34. The Balaban J connectivity index is 2.02. The summed E-state index contributed by atoms with van der Waals surface area (Å²) in [5, 5.41) is 21.7. The number of hydrogen-bond acceptors (Lipinski definition) is 4. The van der Waals surface area contributed by atoms with Crippen LogP contribution >= 0.6 is 0 Å². The molecule has 2 aromatic rings. The van der Waals surface area contributed by atoms with Gasteiger partial charge in [0.1, 0.15) is 0 Å². The molecule has 0 bridgehead atoms. The molecule has 2 rings (SSSR count). The summed E-state index contributed by atoms with van der Waals surface area (Å²) in [6, 6.07) is 8.63. The van der Waals surface area contributed by atoms with E-state index in [9.17, 15) is 10.2 Å². The Morgan fingerprint density at radius 1 is 1.12 bits per heavy atom. The summed E-state index contributed by atoms with van der Waals surface area (Å²) < 4.78 is 0. The fourth-order valence-corrected chi connectivity index (χ4v) is 1.46. The van der Waals surface area contributed by atoms with E-state index in [-0.39, 0.29) is 11.5 Å². The molecular weight excluding hydrogens is 216 g/mol. The third kappa shape index (κ3) is 2.87. The first-order valence-corrected chi connectivity index (χ1v) is 5.32. The Morgan fingerprint density at radius 2 is 1.94 bits per heavy atom. The maximum Gasteiger partial charge on any atom is 0.157 e. The molecule has 1 aromatic heterocycles. The molecule has 1 aromatic carbocycles. The van der Waals surface area contributed by atoms with Crippen LogP contribution in [0.1, 0.15) is 11.3 Å². The fraction of sp³-hybridized carbons (Fsp3) is 0.154. The van der Waals surface area contributed by atoms with E-state index in [0.717, 1.165) is 16.9 Å². The number of nitrogens with one attached hydrogen (secondary N) is 1. The zero-order chi connectivity index (χ0) is 12.3. The number of phenols is 2. The highest BCUT2D eigenvalue weighted by molar-refractivity contribution is 5.44. The summed E-state index contributed by atoms with van der Waals surface area (Å²) in [7, 11) is 0. The van der Waals surface area contributed by atoms with Crippen LogP contribution in [-0.4, -0.2) is 15.2 Å². The lowest BCUT2D eigenvalue weighted by atomic mass is 10.2. The van der Waals surface area contributed by atoms with Crippen LogP contribution in [0.5, 0.6) is 11.5 Å². The monoisotopic (exact) mass is 230 g/mol. The molecule has 4 heteroatoms. The van der Waals surface area contributed by atoms with Gasteiger partial charge in [-0.15, -0.1) is 0 Å². The van der Waals surface area contributed by atoms with Crippen LogP contribution < -0.4 is 5.32 Å². The smallest absolute Gasteiger partial charge is 0.157 e. The number of phenolic OH excluding ortho intramolecular Hbond substituents is 2. The molecule has 3 N–H and O–H groups in total. The largest absolute Gasteiger partial charge is 0.504 e. The van der Waals surface area contributed by atoms with Crippen molar-refractivity contribution in [3.05, 3.63) is 47.8 Å². The van der Waals surface area contributed by atoms with Crippen LogP contribution in [0.15, 0.2) is 36.5 Å². The molecule has 4 nitrogen and oxygen atoms in total.